The zero-order valence-corrected chi connectivity index (χ0v) is 10.6. The number of carbonyl (C=O) groups excluding carboxylic acids is 1. The van der Waals surface area contributed by atoms with Gasteiger partial charge in [0.25, 0.3) is 5.91 Å². The van der Waals surface area contributed by atoms with Crippen LogP contribution in [0.25, 0.3) is 0 Å². The van der Waals surface area contributed by atoms with Crippen molar-refractivity contribution in [3.63, 3.8) is 0 Å². The van der Waals surface area contributed by atoms with Gasteiger partial charge in [0, 0.05) is 12.1 Å². The minimum absolute atomic E-state index is 0.217. The van der Waals surface area contributed by atoms with Crippen molar-refractivity contribution in [3.05, 3.63) is 23.2 Å². The Bertz CT molecular complexity index is 455. The zero-order valence-electron chi connectivity index (χ0n) is 10.6. The quantitative estimate of drug-likeness (QED) is 0.519. The minimum Gasteiger partial charge on any atom is -0.442 e. The van der Waals surface area contributed by atoms with Crippen LogP contribution in [0.4, 0.5) is 0 Å². The molecule has 0 fully saturated rings. The van der Waals surface area contributed by atoms with E-state index >= 15 is 0 Å². The summed E-state index contributed by atoms with van der Waals surface area (Å²) in [5.41, 5.74) is 11.4. The van der Waals surface area contributed by atoms with Crippen molar-refractivity contribution in [1.29, 1.82) is 0 Å². The summed E-state index contributed by atoms with van der Waals surface area (Å²) in [4.78, 5) is 11.8. The Hall–Kier alpha value is -1.77. The highest BCUT2D eigenvalue weighted by Gasteiger charge is 2.14. The highest BCUT2D eigenvalue weighted by atomic mass is 16.3. The molecule has 0 radical (unpaired) electrons. The molecule has 98 valence electrons. The third-order valence-electron chi connectivity index (χ3n) is 2.35. The van der Waals surface area contributed by atoms with E-state index in [1.54, 1.807) is 6.07 Å². The van der Waals surface area contributed by atoms with E-state index in [1.165, 1.54) is 0 Å². The molecule has 1 aromatic heterocycles. The van der Waals surface area contributed by atoms with Gasteiger partial charge in [0.1, 0.15) is 0 Å². The van der Waals surface area contributed by atoms with Gasteiger partial charge in [-0.2, -0.15) is 0 Å². The average molecular weight is 249 g/mol. The number of nitrogens with two attached hydrogens (primary N) is 2. The number of hydrogen-bond acceptors (Lipinski definition) is 4. The van der Waals surface area contributed by atoms with Gasteiger partial charge in [-0.15, -0.1) is 0 Å². The fourth-order valence-electron chi connectivity index (χ4n) is 1.46. The van der Waals surface area contributed by atoms with Crippen LogP contribution >= 0.6 is 0 Å². The highest BCUT2D eigenvalue weighted by molar-refractivity contribution is 5.93. The lowest BCUT2D eigenvalue weighted by Crippen LogP contribution is -2.25. The molecular weight excluding hydrogens is 230 g/mol. The van der Waals surface area contributed by atoms with E-state index < -0.39 is 0 Å². The van der Waals surface area contributed by atoms with E-state index in [1.807, 2.05) is 6.92 Å². The summed E-state index contributed by atoms with van der Waals surface area (Å²) in [7, 11) is 0. The number of aryl methyl sites for hydroxylation is 1. The van der Waals surface area contributed by atoms with Crippen LogP contribution in [0.2, 0.25) is 0 Å². The molecule has 1 aromatic rings. The second-order valence-electron chi connectivity index (χ2n) is 3.88. The summed E-state index contributed by atoms with van der Waals surface area (Å²) in [5.74, 6) is 6.00. The summed E-state index contributed by atoms with van der Waals surface area (Å²) in [5, 5.41) is 2.78. The minimum atomic E-state index is -0.217. The molecule has 5 nitrogen and oxygen atoms in total. The Labute approximate surface area is 107 Å². The molecular formula is C13H19N3O2. The molecule has 5 N–H and O–H groups in total. The van der Waals surface area contributed by atoms with Gasteiger partial charge in [0.15, 0.2) is 11.5 Å². The second-order valence-corrected chi connectivity index (χ2v) is 3.88. The molecule has 0 saturated carbocycles. The lowest BCUT2D eigenvalue weighted by atomic mass is 10.2. The predicted octanol–water partition coefficient (Wildman–Crippen LogP) is 0.367. The maximum atomic E-state index is 11.8. The first-order chi connectivity index (χ1) is 8.69. The van der Waals surface area contributed by atoms with Crippen LogP contribution < -0.4 is 16.8 Å². The van der Waals surface area contributed by atoms with E-state index in [0.717, 1.165) is 18.4 Å². The van der Waals surface area contributed by atoms with Crippen LogP contribution in [0.15, 0.2) is 10.5 Å². The standard InChI is InChI=1S/C13H19N3O2/c1-10-9-11(5-4-7-15)18-12(10)13(17)16-8-3-2-6-14/h9H,2-3,6-8,14-15H2,1H3,(H,16,17). The summed E-state index contributed by atoms with van der Waals surface area (Å²) in [6.07, 6.45) is 1.76. The van der Waals surface area contributed by atoms with Crippen molar-refractivity contribution >= 4 is 5.91 Å². The Morgan fingerprint density at radius 3 is 2.89 bits per heavy atom. The molecule has 0 atom stereocenters. The monoisotopic (exact) mass is 249 g/mol. The van der Waals surface area contributed by atoms with Gasteiger partial charge in [-0.3, -0.25) is 4.79 Å². The summed E-state index contributed by atoms with van der Waals surface area (Å²) < 4.78 is 5.37. The largest absolute Gasteiger partial charge is 0.442 e. The van der Waals surface area contributed by atoms with E-state index in [-0.39, 0.29) is 12.5 Å². The van der Waals surface area contributed by atoms with E-state index in [9.17, 15) is 4.79 Å². The van der Waals surface area contributed by atoms with Gasteiger partial charge in [-0.25, -0.2) is 0 Å². The average Bonchev–Trinajstić information content (AvgIpc) is 2.73. The van der Waals surface area contributed by atoms with Crippen molar-refractivity contribution in [1.82, 2.24) is 5.32 Å². The van der Waals surface area contributed by atoms with Gasteiger partial charge in [-0.05, 0) is 38.3 Å². The lowest BCUT2D eigenvalue weighted by Gasteiger charge is -2.02. The number of nitrogens with one attached hydrogen (secondary N) is 1. The maximum absolute atomic E-state index is 11.8. The molecule has 1 amide bonds. The van der Waals surface area contributed by atoms with Crippen LogP contribution in [0.5, 0.6) is 0 Å². The van der Waals surface area contributed by atoms with Crippen molar-refractivity contribution in [3.8, 4) is 11.8 Å². The molecule has 0 aliphatic rings. The molecule has 18 heavy (non-hydrogen) atoms. The normalized spacial score (nSPS) is 9.72. The van der Waals surface area contributed by atoms with Gasteiger partial charge in [0.2, 0.25) is 0 Å². The van der Waals surface area contributed by atoms with E-state index in [2.05, 4.69) is 17.2 Å². The first-order valence-electron chi connectivity index (χ1n) is 5.96. The third-order valence-corrected chi connectivity index (χ3v) is 2.35. The maximum Gasteiger partial charge on any atom is 0.287 e. The van der Waals surface area contributed by atoms with Crippen LogP contribution in [0.3, 0.4) is 0 Å². The zero-order chi connectivity index (χ0) is 13.4. The van der Waals surface area contributed by atoms with Crippen molar-refractivity contribution in [2.75, 3.05) is 19.6 Å². The molecule has 0 saturated heterocycles. The summed E-state index contributed by atoms with van der Waals surface area (Å²) >= 11 is 0. The van der Waals surface area contributed by atoms with Crippen LogP contribution in [0.1, 0.15) is 34.7 Å². The molecule has 1 rings (SSSR count). The van der Waals surface area contributed by atoms with Crippen LogP contribution in [-0.4, -0.2) is 25.5 Å². The molecule has 0 spiro atoms. The Kier molecular flexibility index (Phi) is 5.98. The van der Waals surface area contributed by atoms with Gasteiger partial charge >= 0.3 is 0 Å². The van der Waals surface area contributed by atoms with Crippen molar-refractivity contribution in [2.45, 2.75) is 19.8 Å². The molecule has 0 aromatic carbocycles. The van der Waals surface area contributed by atoms with E-state index in [4.69, 9.17) is 15.9 Å². The number of unbranched alkanes of at least 4 members (excludes halogenated alkanes) is 1. The van der Waals surface area contributed by atoms with Crippen molar-refractivity contribution in [2.24, 2.45) is 11.5 Å². The number of amides is 1. The third kappa shape index (κ3) is 4.24. The molecule has 0 unspecified atom stereocenters. The first kappa shape index (κ1) is 14.3. The summed E-state index contributed by atoms with van der Waals surface area (Å²) in [6, 6.07) is 1.73. The molecule has 0 bridgehead atoms. The Morgan fingerprint density at radius 1 is 1.44 bits per heavy atom. The number of furan rings is 1. The number of rotatable bonds is 5. The van der Waals surface area contributed by atoms with Gasteiger partial charge in [-0.1, -0.05) is 5.92 Å². The lowest BCUT2D eigenvalue weighted by molar-refractivity contribution is 0.0924. The van der Waals surface area contributed by atoms with Crippen LogP contribution in [-0.2, 0) is 0 Å². The Balaban J connectivity index is 2.59. The molecule has 5 heteroatoms. The molecule has 1 heterocycles. The van der Waals surface area contributed by atoms with Gasteiger partial charge < -0.3 is 21.2 Å². The first-order valence-corrected chi connectivity index (χ1v) is 5.96. The SMILES string of the molecule is Cc1cc(C#CCN)oc1C(=O)NCCCCN. The Morgan fingerprint density at radius 2 is 2.22 bits per heavy atom. The molecule has 0 aliphatic carbocycles. The highest BCUT2D eigenvalue weighted by Crippen LogP contribution is 2.13. The predicted molar refractivity (Wildman–Crippen MR) is 70.0 cm³/mol. The van der Waals surface area contributed by atoms with E-state index in [0.29, 0.717) is 24.6 Å². The smallest absolute Gasteiger partial charge is 0.287 e. The van der Waals surface area contributed by atoms with Gasteiger partial charge in [0.05, 0.1) is 6.54 Å². The molecule has 0 aliphatic heterocycles. The fourth-order valence-corrected chi connectivity index (χ4v) is 1.46. The number of hydrogen-bond donors (Lipinski definition) is 3. The fraction of sp³-hybridized carbons (Fsp3) is 0.462. The topological polar surface area (TPSA) is 94.3 Å². The second kappa shape index (κ2) is 7.54. The number of carbonyl (C=O) groups is 1. The van der Waals surface area contributed by atoms with Crippen LogP contribution in [0, 0.1) is 18.8 Å². The van der Waals surface area contributed by atoms with Crippen molar-refractivity contribution < 1.29 is 9.21 Å². The summed E-state index contributed by atoms with van der Waals surface area (Å²) in [6.45, 7) is 3.31.